The van der Waals surface area contributed by atoms with E-state index in [2.05, 4.69) is 20.3 Å². The van der Waals surface area contributed by atoms with E-state index in [9.17, 15) is 4.21 Å². The maximum atomic E-state index is 11.8. The average molecular weight is 295 g/mol. The number of nitrogens with zero attached hydrogens (tertiary/aromatic N) is 1. The summed E-state index contributed by atoms with van der Waals surface area (Å²) in [6.07, 6.45) is 1.02. The van der Waals surface area contributed by atoms with Crippen LogP contribution in [0, 0.1) is 0 Å². The minimum atomic E-state index is -1.93. The first-order valence-electron chi connectivity index (χ1n) is 4.27. The van der Waals surface area contributed by atoms with Gasteiger partial charge in [0.15, 0.2) is 0 Å². The molecule has 1 fully saturated rings. The minimum Gasteiger partial charge on any atom is -0.249 e. The smallest absolute Gasteiger partial charge is 0.0873 e. The van der Waals surface area contributed by atoms with E-state index in [-0.39, 0.29) is 0 Å². The van der Waals surface area contributed by atoms with Gasteiger partial charge in [-0.3, -0.25) is 0 Å². The van der Waals surface area contributed by atoms with Crippen LogP contribution in [0.2, 0.25) is 5.02 Å². The second kappa shape index (κ2) is 3.83. The average Bonchev–Trinajstić information content (AvgIpc) is 2.07. The van der Waals surface area contributed by atoms with Gasteiger partial charge in [-0.25, -0.2) is 4.21 Å². The van der Waals surface area contributed by atoms with Crippen LogP contribution in [0.25, 0.3) is 0 Å². The first kappa shape index (κ1) is 10.5. The lowest BCUT2D eigenvalue weighted by molar-refractivity contribution is 0.663. The Balaban J connectivity index is 2.43. The largest absolute Gasteiger partial charge is 0.249 e. The Morgan fingerprint density at radius 3 is 2.64 bits per heavy atom. The molecule has 1 aliphatic heterocycles. The molecule has 0 radical (unpaired) electrons. The molecule has 1 aromatic carbocycles. The van der Waals surface area contributed by atoms with Gasteiger partial charge in [0, 0.05) is 21.0 Å². The van der Waals surface area contributed by atoms with Gasteiger partial charge in [-0.05, 0) is 40.5 Å². The highest BCUT2D eigenvalue weighted by atomic mass is 79.9. The first-order chi connectivity index (χ1) is 6.59. The number of halogens is 2. The van der Waals surface area contributed by atoms with Crippen LogP contribution in [0.1, 0.15) is 6.42 Å². The van der Waals surface area contributed by atoms with Gasteiger partial charge >= 0.3 is 0 Å². The second-order valence-electron chi connectivity index (χ2n) is 3.22. The van der Waals surface area contributed by atoms with Crippen molar-refractivity contribution in [2.24, 2.45) is 4.36 Å². The Morgan fingerprint density at radius 2 is 2.14 bits per heavy atom. The molecule has 1 heterocycles. The summed E-state index contributed by atoms with van der Waals surface area (Å²) < 4.78 is 16.9. The number of rotatable bonds is 1. The molecule has 0 spiro atoms. The lowest BCUT2D eigenvalue weighted by Crippen LogP contribution is -2.22. The highest BCUT2D eigenvalue weighted by Gasteiger charge is 2.19. The molecule has 1 aliphatic rings. The maximum Gasteiger partial charge on any atom is 0.0873 e. The van der Waals surface area contributed by atoms with Crippen molar-refractivity contribution in [3.05, 3.63) is 27.7 Å². The number of benzene rings is 1. The van der Waals surface area contributed by atoms with E-state index in [1.54, 1.807) is 18.2 Å². The molecule has 0 aliphatic carbocycles. The van der Waals surface area contributed by atoms with Gasteiger partial charge in [0.2, 0.25) is 0 Å². The zero-order valence-electron chi connectivity index (χ0n) is 7.37. The summed E-state index contributed by atoms with van der Waals surface area (Å²) in [6, 6.07) is 5.31. The van der Waals surface area contributed by atoms with Crippen molar-refractivity contribution < 1.29 is 4.21 Å². The van der Waals surface area contributed by atoms with Crippen LogP contribution >= 0.6 is 27.5 Å². The molecule has 2 nitrogen and oxygen atoms in total. The Labute approximate surface area is 97.0 Å². The molecular weight excluding hydrogens is 286 g/mol. The quantitative estimate of drug-likeness (QED) is 0.778. The molecule has 5 heteroatoms. The Hall–Kier alpha value is -0.0600. The van der Waals surface area contributed by atoms with Crippen LogP contribution in [0.4, 0.5) is 5.69 Å². The maximum absolute atomic E-state index is 11.8. The predicted molar refractivity (Wildman–Crippen MR) is 63.7 cm³/mol. The van der Waals surface area contributed by atoms with E-state index in [4.69, 9.17) is 11.6 Å². The summed E-state index contributed by atoms with van der Waals surface area (Å²) in [7, 11) is -1.93. The van der Waals surface area contributed by atoms with Crippen LogP contribution < -0.4 is 0 Å². The Morgan fingerprint density at radius 1 is 1.43 bits per heavy atom. The fourth-order valence-corrected chi connectivity index (χ4v) is 3.59. The zero-order chi connectivity index (χ0) is 10.2. The molecular formula is C9H9BrClNOS. The van der Waals surface area contributed by atoms with Gasteiger partial charge in [-0.2, -0.15) is 4.36 Å². The first-order valence-corrected chi connectivity index (χ1v) is 7.29. The summed E-state index contributed by atoms with van der Waals surface area (Å²) >= 11 is 9.14. The number of hydrogen-bond donors (Lipinski definition) is 0. The summed E-state index contributed by atoms with van der Waals surface area (Å²) in [6.45, 7) is 0. The summed E-state index contributed by atoms with van der Waals surface area (Å²) in [5.74, 6) is 1.45. The van der Waals surface area contributed by atoms with Crippen LogP contribution in [0.5, 0.6) is 0 Å². The van der Waals surface area contributed by atoms with Gasteiger partial charge in [0.1, 0.15) is 0 Å². The van der Waals surface area contributed by atoms with Crippen LogP contribution in [0.15, 0.2) is 27.0 Å². The summed E-state index contributed by atoms with van der Waals surface area (Å²) in [5.41, 5.74) is 0.735. The molecule has 0 amide bonds. The third kappa shape index (κ3) is 2.12. The van der Waals surface area contributed by atoms with E-state index in [1.165, 1.54) is 0 Å². The van der Waals surface area contributed by atoms with Crippen molar-refractivity contribution >= 4 is 42.9 Å². The number of hydrogen-bond acceptors (Lipinski definition) is 2. The predicted octanol–water partition coefficient (Wildman–Crippen LogP) is 3.61. The molecule has 2 rings (SSSR count). The van der Waals surface area contributed by atoms with Crippen LogP contribution in [-0.4, -0.2) is 15.7 Å². The SMILES string of the molecule is O=S1(=Nc2ccc(Cl)cc2Br)CCC1. The van der Waals surface area contributed by atoms with E-state index in [1.807, 2.05) is 0 Å². The second-order valence-corrected chi connectivity index (χ2v) is 7.06. The lowest BCUT2D eigenvalue weighted by Gasteiger charge is -2.18. The van der Waals surface area contributed by atoms with Gasteiger partial charge in [0.05, 0.1) is 15.4 Å². The van der Waals surface area contributed by atoms with Gasteiger partial charge < -0.3 is 0 Å². The van der Waals surface area contributed by atoms with Crippen LogP contribution in [-0.2, 0) is 9.73 Å². The fraction of sp³-hybridized carbons (Fsp3) is 0.333. The van der Waals surface area contributed by atoms with Gasteiger partial charge in [0.25, 0.3) is 0 Å². The monoisotopic (exact) mass is 293 g/mol. The van der Waals surface area contributed by atoms with E-state index < -0.39 is 9.73 Å². The molecule has 0 atom stereocenters. The molecule has 14 heavy (non-hydrogen) atoms. The highest BCUT2D eigenvalue weighted by molar-refractivity contribution is 9.10. The summed E-state index contributed by atoms with van der Waals surface area (Å²) in [4.78, 5) is 0. The van der Waals surface area contributed by atoms with Crippen molar-refractivity contribution in [1.29, 1.82) is 0 Å². The van der Waals surface area contributed by atoms with E-state index in [0.717, 1.165) is 28.1 Å². The third-order valence-corrected chi connectivity index (χ3v) is 5.35. The molecule has 0 bridgehead atoms. The van der Waals surface area contributed by atoms with Crippen LogP contribution in [0.3, 0.4) is 0 Å². The normalized spacial score (nSPS) is 18.7. The third-order valence-electron chi connectivity index (χ3n) is 2.10. The molecule has 1 aromatic rings. The van der Waals surface area contributed by atoms with Gasteiger partial charge in [-0.15, -0.1) is 0 Å². The Bertz CT molecular complexity index is 470. The lowest BCUT2D eigenvalue weighted by atomic mass is 10.3. The molecule has 0 saturated carbocycles. The van der Waals surface area contributed by atoms with E-state index >= 15 is 0 Å². The topological polar surface area (TPSA) is 29.4 Å². The molecule has 0 unspecified atom stereocenters. The standard InChI is InChI=1S/C9H9BrClNOS/c10-8-6-7(11)2-3-9(8)12-14(13)4-1-5-14/h2-3,6H,1,4-5H2. The van der Waals surface area contributed by atoms with E-state index in [0.29, 0.717) is 5.02 Å². The molecule has 1 saturated heterocycles. The fourth-order valence-electron chi connectivity index (χ4n) is 1.22. The molecule has 0 N–H and O–H groups in total. The van der Waals surface area contributed by atoms with Crippen molar-refractivity contribution in [3.8, 4) is 0 Å². The Kier molecular flexibility index (Phi) is 2.86. The highest BCUT2D eigenvalue weighted by Crippen LogP contribution is 2.31. The van der Waals surface area contributed by atoms with Crippen molar-refractivity contribution in [1.82, 2.24) is 0 Å². The van der Waals surface area contributed by atoms with Gasteiger partial charge in [-0.1, -0.05) is 11.6 Å². The summed E-state index contributed by atoms with van der Waals surface area (Å²) in [5, 5.41) is 0.652. The van der Waals surface area contributed by atoms with Crippen molar-refractivity contribution in [2.75, 3.05) is 11.5 Å². The van der Waals surface area contributed by atoms with Crippen molar-refractivity contribution in [3.63, 3.8) is 0 Å². The minimum absolute atomic E-state index is 0.652. The molecule has 0 aromatic heterocycles. The zero-order valence-corrected chi connectivity index (χ0v) is 10.5. The molecule has 76 valence electrons. The van der Waals surface area contributed by atoms with Crippen molar-refractivity contribution in [2.45, 2.75) is 6.42 Å².